The van der Waals surface area contributed by atoms with Crippen molar-refractivity contribution in [3.63, 3.8) is 0 Å². The Kier molecular flexibility index (Phi) is 2.43. The molecule has 2 rings (SSSR count). The van der Waals surface area contributed by atoms with Crippen LogP contribution in [0.2, 0.25) is 0 Å². The van der Waals surface area contributed by atoms with Gasteiger partial charge in [0.15, 0.2) is 0 Å². The first-order valence-electron chi connectivity index (χ1n) is 5.33. The summed E-state index contributed by atoms with van der Waals surface area (Å²) >= 11 is 0. The van der Waals surface area contributed by atoms with E-state index in [9.17, 15) is 4.79 Å². The summed E-state index contributed by atoms with van der Waals surface area (Å²) in [5.41, 5.74) is 2.70. The molecule has 0 bridgehead atoms. The number of amides is 1. The fourth-order valence-electron chi connectivity index (χ4n) is 1.94. The minimum absolute atomic E-state index is 0.0479. The molecule has 1 aliphatic heterocycles. The SMILES string of the molecule is CC(C)(C#N)Cc1ccc2c(c1)CC(=O)N2. The van der Waals surface area contributed by atoms with Crippen LogP contribution in [-0.4, -0.2) is 5.91 Å². The van der Waals surface area contributed by atoms with E-state index < -0.39 is 0 Å². The minimum Gasteiger partial charge on any atom is -0.326 e. The molecule has 3 nitrogen and oxygen atoms in total. The summed E-state index contributed by atoms with van der Waals surface area (Å²) in [5, 5.41) is 11.8. The van der Waals surface area contributed by atoms with Gasteiger partial charge in [0.1, 0.15) is 0 Å². The minimum atomic E-state index is -0.357. The maximum Gasteiger partial charge on any atom is 0.228 e. The quantitative estimate of drug-likeness (QED) is 0.821. The molecule has 0 fully saturated rings. The molecular weight excluding hydrogens is 200 g/mol. The van der Waals surface area contributed by atoms with Crippen molar-refractivity contribution >= 4 is 11.6 Å². The number of nitriles is 1. The van der Waals surface area contributed by atoms with Crippen molar-refractivity contribution in [1.29, 1.82) is 5.26 Å². The largest absolute Gasteiger partial charge is 0.326 e. The van der Waals surface area contributed by atoms with Crippen LogP contribution in [0.5, 0.6) is 0 Å². The molecule has 0 unspecified atom stereocenters. The lowest BCUT2D eigenvalue weighted by Gasteiger charge is -2.15. The van der Waals surface area contributed by atoms with Gasteiger partial charge >= 0.3 is 0 Å². The van der Waals surface area contributed by atoms with Gasteiger partial charge in [0, 0.05) is 5.69 Å². The number of fused-ring (bicyclic) bond motifs is 1. The summed E-state index contributed by atoms with van der Waals surface area (Å²) in [4.78, 5) is 11.2. The molecule has 0 saturated heterocycles. The van der Waals surface area contributed by atoms with Crippen LogP contribution >= 0.6 is 0 Å². The van der Waals surface area contributed by atoms with E-state index in [1.54, 1.807) is 0 Å². The Bertz CT molecular complexity index is 483. The zero-order valence-corrected chi connectivity index (χ0v) is 9.50. The van der Waals surface area contributed by atoms with Crippen LogP contribution in [-0.2, 0) is 17.6 Å². The van der Waals surface area contributed by atoms with Crippen molar-refractivity contribution in [1.82, 2.24) is 0 Å². The summed E-state index contributed by atoms with van der Waals surface area (Å²) in [7, 11) is 0. The molecule has 82 valence electrons. The van der Waals surface area contributed by atoms with Crippen LogP contribution in [0.25, 0.3) is 0 Å². The van der Waals surface area contributed by atoms with Gasteiger partial charge in [-0.2, -0.15) is 5.26 Å². The van der Waals surface area contributed by atoms with Crippen LogP contribution < -0.4 is 5.32 Å². The highest BCUT2D eigenvalue weighted by Crippen LogP contribution is 2.27. The van der Waals surface area contributed by atoms with Gasteiger partial charge in [-0.3, -0.25) is 4.79 Å². The van der Waals surface area contributed by atoms with Crippen LogP contribution in [0.15, 0.2) is 18.2 Å². The zero-order chi connectivity index (χ0) is 11.8. The molecule has 3 heteroatoms. The molecule has 1 heterocycles. The van der Waals surface area contributed by atoms with E-state index in [0.717, 1.165) is 16.8 Å². The third-order valence-electron chi connectivity index (χ3n) is 2.74. The molecular formula is C13H14N2O. The second-order valence-electron chi connectivity index (χ2n) is 4.89. The number of carbonyl (C=O) groups is 1. The molecule has 1 amide bonds. The Balaban J connectivity index is 2.24. The van der Waals surface area contributed by atoms with E-state index in [-0.39, 0.29) is 11.3 Å². The van der Waals surface area contributed by atoms with E-state index in [1.807, 2.05) is 32.0 Å². The van der Waals surface area contributed by atoms with Crippen molar-refractivity contribution in [3.05, 3.63) is 29.3 Å². The molecule has 0 aromatic heterocycles. The Labute approximate surface area is 95.1 Å². The maximum atomic E-state index is 11.2. The van der Waals surface area contributed by atoms with Crippen molar-refractivity contribution in [2.45, 2.75) is 26.7 Å². The molecule has 0 spiro atoms. The molecule has 0 saturated carbocycles. The van der Waals surface area contributed by atoms with Crippen LogP contribution in [0.4, 0.5) is 5.69 Å². The van der Waals surface area contributed by atoms with Gasteiger partial charge in [-0.15, -0.1) is 0 Å². The number of rotatable bonds is 2. The fraction of sp³-hybridized carbons (Fsp3) is 0.385. The lowest BCUT2D eigenvalue weighted by atomic mass is 9.87. The van der Waals surface area contributed by atoms with Crippen LogP contribution in [0.1, 0.15) is 25.0 Å². The number of carbonyl (C=O) groups excluding carboxylic acids is 1. The van der Waals surface area contributed by atoms with Gasteiger partial charge in [-0.05, 0) is 37.5 Å². The number of anilines is 1. The van der Waals surface area contributed by atoms with Gasteiger partial charge in [-0.1, -0.05) is 12.1 Å². The average molecular weight is 214 g/mol. The van der Waals surface area contributed by atoms with Crippen molar-refractivity contribution in [2.24, 2.45) is 5.41 Å². The van der Waals surface area contributed by atoms with E-state index >= 15 is 0 Å². The van der Waals surface area contributed by atoms with Gasteiger partial charge in [0.2, 0.25) is 5.91 Å². The topological polar surface area (TPSA) is 52.9 Å². The summed E-state index contributed by atoms with van der Waals surface area (Å²) in [6, 6.07) is 8.20. The molecule has 0 radical (unpaired) electrons. The lowest BCUT2D eigenvalue weighted by Crippen LogP contribution is -2.11. The number of nitrogens with zero attached hydrogens (tertiary/aromatic N) is 1. The molecule has 1 aromatic rings. The summed E-state index contributed by atoms with van der Waals surface area (Å²) in [6.07, 6.45) is 1.17. The highest BCUT2D eigenvalue weighted by atomic mass is 16.1. The Morgan fingerprint density at radius 3 is 2.94 bits per heavy atom. The number of benzene rings is 1. The van der Waals surface area contributed by atoms with Crippen molar-refractivity contribution in [3.8, 4) is 6.07 Å². The highest BCUT2D eigenvalue weighted by molar-refractivity contribution is 5.99. The lowest BCUT2D eigenvalue weighted by molar-refractivity contribution is -0.115. The predicted octanol–water partition coefficient (Wildman–Crippen LogP) is 2.27. The van der Waals surface area contributed by atoms with Gasteiger partial charge in [0.25, 0.3) is 0 Å². The number of hydrogen-bond acceptors (Lipinski definition) is 2. The zero-order valence-electron chi connectivity index (χ0n) is 9.50. The van der Waals surface area contributed by atoms with E-state index in [0.29, 0.717) is 12.8 Å². The Morgan fingerprint density at radius 2 is 2.25 bits per heavy atom. The maximum absolute atomic E-state index is 11.2. The van der Waals surface area contributed by atoms with Crippen LogP contribution in [0.3, 0.4) is 0 Å². The van der Waals surface area contributed by atoms with Crippen LogP contribution in [0, 0.1) is 16.7 Å². The monoisotopic (exact) mass is 214 g/mol. The molecule has 1 aliphatic rings. The van der Waals surface area contributed by atoms with E-state index in [2.05, 4.69) is 11.4 Å². The fourth-order valence-corrected chi connectivity index (χ4v) is 1.94. The van der Waals surface area contributed by atoms with E-state index in [4.69, 9.17) is 5.26 Å². The smallest absolute Gasteiger partial charge is 0.228 e. The highest BCUT2D eigenvalue weighted by Gasteiger charge is 2.21. The Hall–Kier alpha value is -1.82. The molecule has 1 N–H and O–H groups in total. The average Bonchev–Trinajstić information content (AvgIpc) is 2.57. The number of nitrogens with one attached hydrogen (secondary N) is 1. The first-order chi connectivity index (χ1) is 7.50. The normalized spacial score (nSPS) is 14.2. The summed E-state index contributed by atoms with van der Waals surface area (Å²) in [6.45, 7) is 3.84. The predicted molar refractivity (Wildman–Crippen MR) is 61.9 cm³/mol. The summed E-state index contributed by atoms with van der Waals surface area (Å²) < 4.78 is 0. The second-order valence-corrected chi connectivity index (χ2v) is 4.89. The van der Waals surface area contributed by atoms with Gasteiger partial charge in [0.05, 0.1) is 17.9 Å². The third kappa shape index (κ3) is 2.06. The molecule has 0 atom stereocenters. The third-order valence-corrected chi connectivity index (χ3v) is 2.74. The van der Waals surface area contributed by atoms with E-state index in [1.165, 1.54) is 0 Å². The van der Waals surface area contributed by atoms with Crippen molar-refractivity contribution < 1.29 is 4.79 Å². The Morgan fingerprint density at radius 1 is 1.50 bits per heavy atom. The first kappa shape index (κ1) is 10.7. The van der Waals surface area contributed by atoms with Gasteiger partial charge < -0.3 is 5.32 Å². The summed E-state index contributed by atoms with van der Waals surface area (Å²) in [5.74, 6) is 0.0479. The van der Waals surface area contributed by atoms with Crippen molar-refractivity contribution in [2.75, 3.05) is 5.32 Å². The second kappa shape index (κ2) is 3.64. The molecule has 1 aromatic carbocycles. The molecule has 0 aliphatic carbocycles. The molecule has 16 heavy (non-hydrogen) atoms. The first-order valence-corrected chi connectivity index (χ1v) is 5.33. The van der Waals surface area contributed by atoms with Gasteiger partial charge in [-0.25, -0.2) is 0 Å². The number of hydrogen-bond donors (Lipinski definition) is 1. The standard InChI is InChI=1S/C13H14N2O/c1-13(2,8-14)7-9-3-4-11-10(5-9)6-12(16)15-11/h3-5H,6-7H2,1-2H3,(H,15,16).